The molecule has 0 amide bonds. The lowest BCUT2D eigenvalue weighted by Gasteiger charge is -2.37. The first-order valence-electron chi connectivity index (χ1n) is 9.32. The Morgan fingerprint density at radius 1 is 1.03 bits per heavy atom. The Labute approximate surface area is 174 Å². The second-order valence-corrected chi connectivity index (χ2v) is 8.72. The van der Waals surface area contributed by atoms with Gasteiger partial charge in [0.25, 0.3) is 0 Å². The van der Waals surface area contributed by atoms with Crippen LogP contribution in [0, 0.1) is 0 Å². The highest BCUT2D eigenvalue weighted by Gasteiger charge is 2.38. The maximum atomic E-state index is 12.9. The molecule has 0 aliphatic carbocycles. The number of ether oxygens (including phenoxy) is 3. The van der Waals surface area contributed by atoms with Crippen molar-refractivity contribution in [2.45, 2.75) is 17.5 Å². The van der Waals surface area contributed by atoms with E-state index in [0.717, 1.165) is 5.75 Å². The van der Waals surface area contributed by atoms with Crippen molar-refractivity contribution < 1.29 is 22.6 Å². The summed E-state index contributed by atoms with van der Waals surface area (Å²) in [6, 6.07) is 13.9. The summed E-state index contributed by atoms with van der Waals surface area (Å²) in [5, 5.41) is 8.23. The highest BCUT2D eigenvalue weighted by Crippen LogP contribution is 2.33. The molecule has 0 spiro atoms. The predicted molar refractivity (Wildman–Crippen MR) is 108 cm³/mol. The van der Waals surface area contributed by atoms with Crippen LogP contribution < -0.4 is 14.2 Å². The molecule has 1 fully saturated rings. The molecule has 1 saturated heterocycles. The summed E-state index contributed by atoms with van der Waals surface area (Å²) in [6.07, 6.45) is 1.79. The van der Waals surface area contributed by atoms with Gasteiger partial charge in [-0.1, -0.05) is 23.4 Å². The minimum atomic E-state index is -3.63. The zero-order valence-electron chi connectivity index (χ0n) is 16.6. The average molecular weight is 430 g/mol. The molecular formula is C20H22N4O5S. The summed E-state index contributed by atoms with van der Waals surface area (Å²) < 4.78 is 44.9. The highest BCUT2D eigenvalue weighted by molar-refractivity contribution is 7.89. The van der Waals surface area contributed by atoms with Gasteiger partial charge in [-0.2, -0.15) is 4.31 Å². The standard InChI is InChI=1S/C20H22N4O5S/c1-27-19-9-8-18(10-20(19)28-2)30(25,26)23-12-16(13-23)24-11-15(21-22-24)14-29-17-6-4-3-5-7-17/h3-11,16H,12-14H2,1-2H3. The van der Waals surface area contributed by atoms with E-state index < -0.39 is 10.0 Å². The quantitative estimate of drug-likeness (QED) is 0.540. The zero-order valence-corrected chi connectivity index (χ0v) is 17.4. The van der Waals surface area contributed by atoms with Crippen molar-refractivity contribution in [3.05, 3.63) is 60.4 Å². The number of para-hydroxylation sites is 1. The van der Waals surface area contributed by atoms with Gasteiger partial charge in [0, 0.05) is 19.2 Å². The van der Waals surface area contributed by atoms with Crippen molar-refractivity contribution in [1.82, 2.24) is 19.3 Å². The van der Waals surface area contributed by atoms with Crippen molar-refractivity contribution in [3.8, 4) is 17.2 Å². The van der Waals surface area contributed by atoms with Crippen molar-refractivity contribution >= 4 is 10.0 Å². The summed E-state index contributed by atoms with van der Waals surface area (Å²) in [4.78, 5) is 0.161. The van der Waals surface area contributed by atoms with Crippen LogP contribution in [0.2, 0.25) is 0 Å². The number of sulfonamides is 1. The van der Waals surface area contributed by atoms with Gasteiger partial charge in [-0.3, -0.25) is 0 Å². The minimum absolute atomic E-state index is 0.0714. The monoisotopic (exact) mass is 430 g/mol. The number of aromatic nitrogens is 3. The molecule has 9 nitrogen and oxygen atoms in total. The van der Waals surface area contributed by atoms with Gasteiger partial charge in [0.15, 0.2) is 11.5 Å². The highest BCUT2D eigenvalue weighted by atomic mass is 32.2. The molecule has 3 aromatic rings. The molecule has 2 aromatic carbocycles. The van der Waals surface area contributed by atoms with Crippen molar-refractivity contribution in [2.24, 2.45) is 0 Å². The lowest BCUT2D eigenvalue weighted by Crippen LogP contribution is -2.50. The lowest BCUT2D eigenvalue weighted by atomic mass is 10.2. The van der Waals surface area contributed by atoms with Crippen LogP contribution in [-0.2, 0) is 16.6 Å². The fourth-order valence-electron chi connectivity index (χ4n) is 3.14. The van der Waals surface area contributed by atoms with Crippen LogP contribution in [0.4, 0.5) is 0 Å². The van der Waals surface area contributed by atoms with E-state index in [9.17, 15) is 8.42 Å². The molecule has 1 aromatic heterocycles. The average Bonchev–Trinajstić information content (AvgIpc) is 3.19. The maximum absolute atomic E-state index is 12.9. The molecule has 158 valence electrons. The van der Waals surface area contributed by atoms with Crippen LogP contribution >= 0.6 is 0 Å². The molecule has 0 N–H and O–H groups in total. The van der Waals surface area contributed by atoms with Crippen LogP contribution in [0.25, 0.3) is 0 Å². The molecule has 2 heterocycles. The zero-order chi connectivity index (χ0) is 21.1. The van der Waals surface area contributed by atoms with E-state index in [2.05, 4.69) is 10.3 Å². The maximum Gasteiger partial charge on any atom is 0.243 e. The minimum Gasteiger partial charge on any atom is -0.493 e. The van der Waals surface area contributed by atoms with Gasteiger partial charge in [0.1, 0.15) is 18.1 Å². The first-order chi connectivity index (χ1) is 14.5. The van der Waals surface area contributed by atoms with Gasteiger partial charge in [-0.05, 0) is 24.3 Å². The SMILES string of the molecule is COc1ccc(S(=O)(=O)N2CC(n3cc(COc4ccccc4)nn3)C2)cc1OC. The molecule has 10 heteroatoms. The molecule has 4 rings (SSSR count). The second kappa shape index (κ2) is 8.33. The molecular weight excluding hydrogens is 408 g/mol. The third-order valence-electron chi connectivity index (χ3n) is 4.88. The van der Waals surface area contributed by atoms with E-state index in [-0.39, 0.29) is 10.9 Å². The van der Waals surface area contributed by atoms with Crippen LogP contribution in [0.3, 0.4) is 0 Å². The van der Waals surface area contributed by atoms with Gasteiger partial charge in [-0.15, -0.1) is 5.10 Å². The normalized spacial score (nSPS) is 14.9. The summed E-state index contributed by atoms with van der Waals surface area (Å²) >= 11 is 0. The Morgan fingerprint density at radius 3 is 2.47 bits per heavy atom. The summed E-state index contributed by atoms with van der Waals surface area (Å²) in [7, 11) is -0.655. The number of methoxy groups -OCH3 is 2. The van der Waals surface area contributed by atoms with E-state index in [1.165, 1.54) is 30.7 Å². The summed E-state index contributed by atoms with van der Waals surface area (Å²) in [5.74, 6) is 1.60. The molecule has 1 aliphatic rings. The summed E-state index contributed by atoms with van der Waals surface area (Å²) in [6.45, 7) is 0.933. The molecule has 0 unspecified atom stereocenters. The molecule has 30 heavy (non-hydrogen) atoms. The van der Waals surface area contributed by atoms with Crippen LogP contribution in [0.15, 0.2) is 59.6 Å². The van der Waals surface area contributed by atoms with Gasteiger partial charge >= 0.3 is 0 Å². The Bertz CT molecular complexity index is 1110. The van der Waals surface area contributed by atoms with Crippen LogP contribution in [0.5, 0.6) is 17.2 Å². The Kier molecular flexibility index (Phi) is 5.60. The number of rotatable bonds is 8. The Morgan fingerprint density at radius 2 is 1.77 bits per heavy atom. The van der Waals surface area contributed by atoms with Crippen LogP contribution in [0.1, 0.15) is 11.7 Å². The predicted octanol–water partition coefficient (Wildman–Crippen LogP) is 2.12. The summed E-state index contributed by atoms with van der Waals surface area (Å²) in [5.41, 5.74) is 0.681. The number of nitrogens with zero attached hydrogens (tertiary/aromatic N) is 4. The largest absolute Gasteiger partial charge is 0.493 e. The molecule has 0 bridgehead atoms. The third-order valence-corrected chi connectivity index (χ3v) is 6.71. The smallest absolute Gasteiger partial charge is 0.243 e. The van der Waals surface area contributed by atoms with Gasteiger partial charge < -0.3 is 14.2 Å². The second-order valence-electron chi connectivity index (χ2n) is 6.78. The van der Waals surface area contributed by atoms with Gasteiger partial charge in [0.2, 0.25) is 10.0 Å². The number of hydrogen-bond acceptors (Lipinski definition) is 7. The van der Waals surface area contributed by atoms with Gasteiger partial charge in [0.05, 0.1) is 31.4 Å². The van der Waals surface area contributed by atoms with Crippen molar-refractivity contribution in [2.75, 3.05) is 27.3 Å². The Balaban J connectivity index is 1.38. The fraction of sp³-hybridized carbons (Fsp3) is 0.300. The van der Waals surface area contributed by atoms with Crippen molar-refractivity contribution in [1.29, 1.82) is 0 Å². The molecule has 0 atom stereocenters. The van der Waals surface area contributed by atoms with E-state index in [0.29, 0.717) is 36.9 Å². The van der Waals surface area contributed by atoms with Crippen molar-refractivity contribution in [3.63, 3.8) is 0 Å². The Hall–Kier alpha value is -3.11. The van der Waals surface area contributed by atoms with E-state index >= 15 is 0 Å². The van der Waals surface area contributed by atoms with E-state index in [4.69, 9.17) is 14.2 Å². The number of hydrogen-bond donors (Lipinski definition) is 0. The topological polar surface area (TPSA) is 95.8 Å². The van der Waals surface area contributed by atoms with Gasteiger partial charge in [-0.25, -0.2) is 13.1 Å². The van der Waals surface area contributed by atoms with E-state index in [1.54, 1.807) is 16.9 Å². The fourth-order valence-corrected chi connectivity index (χ4v) is 4.67. The van der Waals surface area contributed by atoms with E-state index in [1.807, 2.05) is 30.3 Å². The first kappa shape index (κ1) is 20.2. The molecule has 0 saturated carbocycles. The van der Waals surface area contributed by atoms with Crippen LogP contribution in [-0.4, -0.2) is 55.0 Å². The number of benzene rings is 2. The molecule has 0 radical (unpaired) electrons. The lowest BCUT2D eigenvalue weighted by molar-refractivity contribution is 0.188. The first-order valence-corrected chi connectivity index (χ1v) is 10.8. The molecule has 1 aliphatic heterocycles. The third kappa shape index (κ3) is 3.96.